The van der Waals surface area contributed by atoms with Crippen LogP contribution in [0.15, 0.2) is 54.6 Å². The van der Waals surface area contributed by atoms with Gasteiger partial charge in [0.15, 0.2) is 0 Å². The van der Waals surface area contributed by atoms with Gasteiger partial charge >= 0.3 is 0 Å². The predicted octanol–water partition coefficient (Wildman–Crippen LogP) is 2.71. The molecule has 0 saturated heterocycles. The molecule has 90 valence electrons. The Morgan fingerprint density at radius 3 is 2.33 bits per heavy atom. The van der Waals surface area contributed by atoms with Gasteiger partial charge in [0.1, 0.15) is 5.66 Å². The molecule has 1 heterocycles. The van der Waals surface area contributed by atoms with Gasteiger partial charge in [-0.3, -0.25) is 4.79 Å². The Bertz CT molecular complexity index is 594. The summed E-state index contributed by atoms with van der Waals surface area (Å²) in [6.07, 6.45) is 0. The van der Waals surface area contributed by atoms with Crippen LogP contribution in [-0.4, -0.2) is 5.91 Å². The number of carbonyl (C=O) groups excluding carboxylic acids is 1. The van der Waals surface area contributed by atoms with E-state index in [0.29, 0.717) is 5.56 Å². The first-order valence-corrected chi connectivity index (χ1v) is 5.94. The summed E-state index contributed by atoms with van der Waals surface area (Å²) in [5, 5.41) is 6.40. The fourth-order valence-electron chi connectivity index (χ4n) is 2.30. The van der Waals surface area contributed by atoms with Crippen LogP contribution in [0.1, 0.15) is 22.8 Å². The number of hydrogen-bond acceptors (Lipinski definition) is 2. The SMILES string of the molecule is CC1(c2ccccc2)NC(=O)c2ccccc2N1. The van der Waals surface area contributed by atoms with Gasteiger partial charge in [-0.1, -0.05) is 42.5 Å². The Kier molecular flexibility index (Phi) is 2.33. The van der Waals surface area contributed by atoms with Crippen molar-refractivity contribution in [1.29, 1.82) is 0 Å². The third-order valence-electron chi connectivity index (χ3n) is 3.27. The number of carbonyl (C=O) groups is 1. The van der Waals surface area contributed by atoms with Gasteiger partial charge < -0.3 is 10.6 Å². The molecule has 2 aromatic rings. The van der Waals surface area contributed by atoms with Crippen LogP contribution in [0.2, 0.25) is 0 Å². The number of amides is 1. The summed E-state index contributed by atoms with van der Waals surface area (Å²) in [5.41, 5.74) is 2.03. The molecule has 0 radical (unpaired) electrons. The van der Waals surface area contributed by atoms with Crippen molar-refractivity contribution in [3.05, 3.63) is 65.7 Å². The number of anilines is 1. The van der Waals surface area contributed by atoms with Crippen LogP contribution in [-0.2, 0) is 5.66 Å². The lowest BCUT2D eigenvalue weighted by Gasteiger charge is -2.38. The number of para-hydroxylation sites is 1. The maximum Gasteiger partial charge on any atom is 0.255 e. The van der Waals surface area contributed by atoms with E-state index in [1.54, 1.807) is 0 Å². The average Bonchev–Trinajstić information content (AvgIpc) is 2.40. The monoisotopic (exact) mass is 238 g/mol. The zero-order valence-corrected chi connectivity index (χ0v) is 10.1. The first-order valence-electron chi connectivity index (χ1n) is 5.94. The Morgan fingerprint density at radius 2 is 1.56 bits per heavy atom. The molecular weight excluding hydrogens is 224 g/mol. The molecule has 3 nitrogen and oxygen atoms in total. The summed E-state index contributed by atoms with van der Waals surface area (Å²) in [6.45, 7) is 1.97. The average molecular weight is 238 g/mol. The Labute approximate surface area is 106 Å². The van der Waals surface area contributed by atoms with E-state index in [0.717, 1.165) is 11.3 Å². The van der Waals surface area contributed by atoms with E-state index in [1.165, 1.54) is 0 Å². The minimum atomic E-state index is -0.563. The lowest BCUT2D eigenvalue weighted by molar-refractivity contribution is 0.0906. The molecule has 0 fully saturated rings. The summed E-state index contributed by atoms with van der Waals surface area (Å²) in [5.74, 6) is -0.0456. The van der Waals surface area contributed by atoms with Gasteiger partial charge in [0.05, 0.1) is 5.56 Å². The van der Waals surface area contributed by atoms with Gasteiger partial charge in [-0.15, -0.1) is 0 Å². The fraction of sp³-hybridized carbons (Fsp3) is 0.133. The van der Waals surface area contributed by atoms with E-state index in [9.17, 15) is 4.79 Å². The van der Waals surface area contributed by atoms with E-state index in [1.807, 2.05) is 61.5 Å². The molecule has 3 rings (SSSR count). The molecule has 1 atom stereocenters. The van der Waals surface area contributed by atoms with Gasteiger partial charge in [0.2, 0.25) is 0 Å². The van der Waals surface area contributed by atoms with E-state index < -0.39 is 5.66 Å². The number of fused-ring (bicyclic) bond motifs is 1. The Balaban J connectivity index is 2.06. The highest BCUT2D eigenvalue weighted by molar-refractivity contribution is 6.02. The predicted molar refractivity (Wildman–Crippen MR) is 71.3 cm³/mol. The molecule has 18 heavy (non-hydrogen) atoms. The smallest absolute Gasteiger partial charge is 0.255 e. The molecule has 0 saturated carbocycles. The van der Waals surface area contributed by atoms with Crippen LogP contribution in [0.4, 0.5) is 5.69 Å². The van der Waals surface area contributed by atoms with Crippen LogP contribution < -0.4 is 10.6 Å². The quantitative estimate of drug-likeness (QED) is 0.802. The molecule has 1 aliphatic heterocycles. The van der Waals surface area contributed by atoms with E-state index in [4.69, 9.17) is 0 Å². The summed E-state index contributed by atoms with van der Waals surface area (Å²) >= 11 is 0. The van der Waals surface area contributed by atoms with Gasteiger partial charge in [0, 0.05) is 5.69 Å². The lowest BCUT2D eigenvalue weighted by atomic mass is 9.96. The van der Waals surface area contributed by atoms with E-state index in [2.05, 4.69) is 10.6 Å². The van der Waals surface area contributed by atoms with Crippen molar-refractivity contribution in [2.75, 3.05) is 5.32 Å². The first kappa shape index (κ1) is 10.8. The molecule has 0 bridgehead atoms. The second-order valence-electron chi connectivity index (χ2n) is 4.62. The molecule has 1 unspecified atom stereocenters. The summed E-state index contributed by atoms with van der Waals surface area (Å²) in [6, 6.07) is 17.4. The summed E-state index contributed by atoms with van der Waals surface area (Å²) < 4.78 is 0. The summed E-state index contributed by atoms with van der Waals surface area (Å²) in [7, 11) is 0. The van der Waals surface area contributed by atoms with Crippen molar-refractivity contribution in [2.24, 2.45) is 0 Å². The molecule has 0 aromatic heterocycles. The van der Waals surface area contributed by atoms with Gasteiger partial charge in [-0.25, -0.2) is 0 Å². The zero-order chi connectivity index (χ0) is 12.6. The van der Waals surface area contributed by atoms with Crippen molar-refractivity contribution >= 4 is 11.6 Å². The Morgan fingerprint density at radius 1 is 0.889 bits per heavy atom. The highest BCUT2D eigenvalue weighted by Gasteiger charge is 2.34. The normalized spacial score (nSPS) is 21.7. The number of hydrogen-bond donors (Lipinski definition) is 2. The van der Waals surface area contributed by atoms with Crippen molar-refractivity contribution in [2.45, 2.75) is 12.6 Å². The number of rotatable bonds is 1. The standard InChI is InChI=1S/C15H14N2O/c1-15(11-7-3-2-4-8-11)16-13-10-6-5-9-12(13)14(18)17-15/h2-10,16H,1H3,(H,17,18). The van der Waals surface area contributed by atoms with Crippen LogP contribution in [0.25, 0.3) is 0 Å². The minimum Gasteiger partial charge on any atom is -0.359 e. The largest absolute Gasteiger partial charge is 0.359 e. The molecule has 2 aromatic carbocycles. The van der Waals surface area contributed by atoms with Crippen LogP contribution in [0, 0.1) is 0 Å². The molecule has 0 spiro atoms. The second kappa shape index (κ2) is 3.88. The number of nitrogens with one attached hydrogen (secondary N) is 2. The minimum absolute atomic E-state index is 0.0456. The third-order valence-corrected chi connectivity index (χ3v) is 3.27. The fourth-order valence-corrected chi connectivity index (χ4v) is 2.30. The van der Waals surface area contributed by atoms with Crippen LogP contribution in [0.3, 0.4) is 0 Å². The molecule has 1 aliphatic rings. The topological polar surface area (TPSA) is 41.1 Å². The Hall–Kier alpha value is -2.29. The molecule has 1 amide bonds. The molecule has 3 heteroatoms. The van der Waals surface area contributed by atoms with Crippen LogP contribution in [0.5, 0.6) is 0 Å². The van der Waals surface area contributed by atoms with Crippen molar-refractivity contribution in [3.63, 3.8) is 0 Å². The van der Waals surface area contributed by atoms with Crippen molar-refractivity contribution < 1.29 is 4.79 Å². The molecular formula is C15H14N2O. The van der Waals surface area contributed by atoms with E-state index in [-0.39, 0.29) is 5.91 Å². The molecule has 2 N–H and O–H groups in total. The molecule has 0 aliphatic carbocycles. The highest BCUT2D eigenvalue weighted by atomic mass is 16.2. The maximum absolute atomic E-state index is 12.1. The van der Waals surface area contributed by atoms with E-state index >= 15 is 0 Å². The third kappa shape index (κ3) is 1.64. The second-order valence-corrected chi connectivity index (χ2v) is 4.62. The maximum atomic E-state index is 12.1. The van der Waals surface area contributed by atoms with Gasteiger partial charge in [-0.05, 0) is 24.6 Å². The number of benzene rings is 2. The zero-order valence-electron chi connectivity index (χ0n) is 10.1. The van der Waals surface area contributed by atoms with Crippen LogP contribution >= 0.6 is 0 Å². The lowest BCUT2D eigenvalue weighted by Crippen LogP contribution is -2.52. The van der Waals surface area contributed by atoms with Crippen molar-refractivity contribution in [3.8, 4) is 0 Å². The van der Waals surface area contributed by atoms with Gasteiger partial charge in [-0.2, -0.15) is 0 Å². The highest BCUT2D eigenvalue weighted by Crippen LogP contribution is 2.30. The first-order chi connectivity index (χ1) is 8.69. The summed E-state index contributed by atoms with van der Waals surface area (Å²) in [4.78, 5) is 12.1. The van der Waals surface area contributed by atoms with Gasteiger partial charge in [0.25, 0.3) is 5.91 Å². The van der Waals surface area contributed by atoms with Crippen molar-refractivity contribution in [1.82, 2.24) is 5.32 Å².